The van der Waals surface area contributed by atoms with Crippen LogP contribution in [0, 0.1) is 19.7 Å². The maximum absolute atomic E-state index is 14.0. The van der Waals surface area contributed by atoms with E-state index in [4.69, 9.17) is 10.2 Å². The summed E-state index contributed by atoms with van der Waals surface area (Å²) in [5, 5.41) is 0. The predicted octanol–water partition coefficient (Wildman–Crippen LogP) is 4.10. The Balaban J connectivity index is 2.51. The molecule has 0 aliphatic rings. The van der Waals surface area contributed by atoms with Crippen LogP contribution in [0.4, 0.5) is 17.6 Å². The standard InChI is InChI=1S/C14H13F4NO/c1-7-6-10(8(2)20-7)13(19)9-4-3-5-11(12(9)15)14(16,17)18/h3-6,13H,19H2,1-2H3. The van der Waals surface area contributed by atoms with Crippen molar-refractivity contribution in [3.63, 3.8) is 0 Å². The molecular formula is C14H13F4NO. The van der Waals surface area contributed by atoms with Crippen molar-refractivity contribution in [2.24, 2.45) is 5.73 Å². The van der Waals surface area contributed by atoms with E-state index in [0.717, 1.165) is 6.07 Å². The fraction of sp³-hybridized carbons (Fsp3) is 0.286. The lowest BCUT2D eigenvalue weighted by Gasteiger charge is -2.16. The number of nitrogens with two attached hydrogens (primary N) is 1. The summed E-state index contributed by atoms with van der Waals surface area (Å²) in [6, 6.07) is 3.67. The molecule has 0 spiro atoms. The number of rotatable bonds is 2. The van der Waals surface area contributed by atoms with Gasteiger partial charge in [0.2, 0.25) is 0 Å². The highest BCUT2D eigenvalue weighted by Crippen LogP contribution is 2.35. The first kappa shape index (κ1) is 14.6. The molecule has 0 bridgehead atoms. The summed E-state index contributed by atoms with van der Waals surface area (Å²) in [7, 11) is 0. The number of benzene rings is 1. The summed E-state index contributed by atoms with van der Waals surface area (Å²) in [5.74, 6) is -0.308. The van der Waals surface area contributed by atoms with Gasteiger partial charge in [0.25, 0.3) is 0 Å². The van der Waals surface area contributed by atoms with Crippen LogP contribution in [-0.4, -0.2) is 0 Å². The Morgan fingerprint density at radius 1 is 1.15 bits per heavy atom. The first-order valence-electron chi connectivity index (χ1n) is 5.90. The van der Waals surface area contributed by atoms with E-state index in [1.165, 1.54) is 6.07 Å². The molecule has 1 heterocycles. The van der Waals surface area contributed by atoms with E-state index in [1.54, 1.807) is 19.9 Å². The molecule has 0 fully saturated rings. The predicted molar refractivity (Wildman–Crippen MR) is 65.6 cm³/mol. The van der Waals surface area contributed by atoms with Crippen molar-refractivity contribution in [3.05, 3.63) is 58.3 Å². The zero-order chi connectivity index (χ0) is 15.1. The molecule has 2 rings (SSSR count). The minimum absolute atomic E-state index is 0.205. The molecular weight excluding hydrogens is 274 g/mol. The average molecular weight is 287 g/mol. The van der Waals surface area contributed by atoms with E-state index in [2.05, 4.69) is 0 Å². The second kappa shape index (κ2) is 4.94. The van der Waals surface area contributed by atoms with Crippen LogP contribution in [0.1, 0.15) is 34.3 Å². The smallest absolute Gasteiger partial charge is 0.419 e. The fourth-order valence-electron chi connectivity index (χ4n) is 2.14. The first-order chi connectivity index (χ1) is 9.21. The van der Waals surface area contributed by atoms with Crippen LogP contribution in [0.15, 0.2) is 28.7 Å². The number of hydrogen-bond donors (Lipinski definition) is 1. The fourth-order valence-corrected chi connectivity index (χ4v) is 2.14. The van der Waals surface area contributed by atoms with Crippen molar-refractivity contribution in [3.8, 4) is 0 Å². The van der Waals surface area contributed by atoms with Gasteiger partial charge in [-0.25, -0.2) is 4.39 Å². The quantitative estimate of drug-likeness (QED) is 0.844. The Kier molecular flexibility index (Phi) is 3.60. The van der Waals surface area contributed by atoms with E-state index >= 15 is 0 Å². The highest BCUT2D eigenvalue weighted by molar-refractivity contribution is 5.38. The lowest BCUT2D eigenvalue weighted by Crippen LogP contribution is -2.17. The summed E-state index contributed by atoms with van der Waals surface area (Å²) in [4.78, 5) is 0. The molecule has 0 radical (unpaired) electrons. The molecule has 0 saturated heterocycles. The molecule has 1 atom stereocenters. The summed E-state index contributed by atoms with van der Waals surface area (Å²) >= 11 is 0. The summed E-state index contributed by atoms with van der Waals surface area (Å²) in [6.45, 7) is 3.32. The minimum atomic E-state index is -4.75. The summed E-state index contributed by atoms with van der Waals surface area (Å²) < 4.78 is 57.3. The molecule has 0 aliphatic carbocycles. The van der Waals surface area contributed by atoms with Crippen LogP contribution < -0.4 is 5.73 Å². The van der Waals surface area contributed by atoms with Crippen LogP contribution in [-0.2, 0) is 6.18 Å². The van der Waals surface area contributed by atoms with Crippen LogP contribution in [0.2, 0.25) is 0 Å². The van der Waals surface area contributed by atoms with Crippen molar-refractivity contribution in [1.82, 2.24) is 0 Å². The Labute approximate surface area is 113 Å². The van der Waals surface area contributed by atoms with E-state index < -0.39 is 23.6 Å². The molecule has 1 unspecified atom stereocenters. The third-order valence-corrected chi connectivity index (χ3v) is 3.08. The Hall–Kier alpha value is -1.82. The van der Waals surface area contributed by atoms with Crippen molar-refractivity contribution in [1.29, 1.82) is 0 Å². The van der Waals surface area contributed by atoms with E-state index in [-0.39, 0.29) is 5.56 Å². The number of hydrogen-bond acceptors (Lipinski definition) is 2. The Morgan fingerprint density at radius 3 is 2.30 bits per heavy atom. The molecule has 2 N–H and O–H groups in total. The minimum Gasteiger partial charge on any atom is -0.466 e. The van der Waals surface area contributed by atoms with E-state index in [1.807, 2.05) is 0 Å². The monoisotopic (exact) mass is 287 g/mol. The van der Waals surface area contributed by atoms with Crippen molar-refractivity contribution >= 4 is 0 Å². The zero-order valence-corrected chi connectivity index (χ0v) is 10.9. The van der Waals surface area contributed by atoms with Gasteiger partial charge in [-0.3, -0.25) is 0 Å². The van der Waals surface area contributed by atoms with Crippen molar-refractivity contribution in [2.45, 2.75) is 26.1 Å². The van der Waals surface area contributed by atoms with Gasteiger partial charge < -0.3 is 10.2 Å². The average Bonchev–Trinajstić information content (AvgIpc) is 2.66. The van der Waals surface area contributed by atoms with Gasteiger partial charge in [0.1, 0.15) is 17.3 Å². The van der Waals surface area contributed by atoms with Gasteiger partial charge in [-0.1, -0.05) is 12.1 Å². The zero-order valence-electron chi connectivity index (χ0n) is 10.9. The molecule has 1 aromatic carbocycles. The van der Waals surface area contributed by atoms with E-state index in [0.29, 0.717) is 23.2 Å². The van der Waals surface area contributed by atoms with Crippen LogP contribution in [0.3, 0.4) is 0 Å². The maximum Gasteiger partial charge on any atom is 0.419 e. The molecule has 2 aromatic rings. The highest BCUT2D eigenvalue weighted by Gasteiger charge is 2.35. The van der Waals surface area contributed by atoms with Crippen LogP contribution in [0.5, 0.6) is 0 Å². The molecule has 6 heteroatoms. The van der Waals surface area contributed by atoms with Gasteiger partial charge in [0.05, 0.1) is 11.6 Å². The summed E-state index contributed by atoms with van der Waals surface area (Å²) in [6.07, 6.45) is -4.75. The molecule has 20 heavy (non-hydrogen) atoms. The number of alkyl halides is 3. The van der Waals surface area contributed by atoms with Crippen LogP contribution >= 0.6 is 0 Å². The van der Waals surface area contributed by atoms with Gasteiger partial charge in [0.15, 0.2) is 0 Å². The van der Waals surface area contributed by atoms with Crippen molar-refractivity contribution in [2.75, 3.05) is 0 Å². The Morgan fingerprint density at radius 2 is 1.80 bits per heavy atom. The Bertz CT molecular complexity index is 631. The van der Waals surface area contributed by atoms with E-state index in [9.17, 15) is 17.6 Å². The van der Waals surface area contributed by atoms with Gasteiger partial charge in [-0.05, 0) is 26.0 Å². The first-order valence-corrected chi connectivity index (χ1v) is 5.90. The number of halogens is 4. The second-order valence-electron chi connectivity index (χ2n) is 4.55. The molecule has 108 valence electrons. The molecule has 0 saturated carbocycles. The third-order valence-electron chi connectivity index (χ3n) is 3.08. The molecule has 0 aliphatic heterocycles. The lowest BCUT2D eigenvalue weighted by atomic mass is 9.97. The third kappa shape index (κ3) is 2.56. The van der Waals surface area contributed by atoms with Crippen molar-refractivity contribution < 1.29 is 22.0 Å². The van der Waals surface area contributed by atoms with Gasteiger partial charge in [0, 0.05) is 11.1 Å². The molecule has 1 aromatic heterocycles. The number of furan rings is 1. The highest BCUT2D eigenvalue weighted by atomic mass is 19.4. The maximum atomic E-state index is 14.0. The largest absolute Gasteiger partial charge is 0.466 e. The second-order valence-corrected chi connectivity index (χ2v) is 4.55. The van der Waals surface area contributed by atoms with Crippen LogP contribution in [0.25, 0.3) is 0 Å². The lowest BCUT2D eigenvalue weighted by molar-refractivity contribution is -0.140. The number of aryl methyl sites for hydroxylation is 2. The van der Waals surface area contributed by atoms with Gasteiger partial charge in [-0.2, -0.15) is 13.2 Å². The summed E-state index contributed by atoms with van der Waals surface area (Å²) in [5.41, 5.74) is 4.83. The SMILES string of the molecule is Cc1cc(C(N)c2cccc(C(F)(F)F)c2F)c(C)o1. The van der Waals surface area contributed by atoms with Gasteiger partial charge in [-0.15, -0.1) is 0 Å². The van der Waals surface area contributed by atoms with Gasteiger partial charge >= 0.3 is 6.18 Å². The molecule has 0 amide bonds. The normalized spacial score (nSPS) is 13.6. The molecule has 2 nitrogen and oxygen atoms in total. The topological polar surface area (TPSA) is 39.2 Å².